The Morgan fingerprint density at radius 2 is 2.07 bits per heavy atom. The maximum absolute atomic E-state index is 3.67. The molecule has 1 unspecified atom stereocenters. The van der Waals surface area contributed by atoms with Crippen molar-refractivity contribution in [3.8, 4) is 0 Å². The normalized spacial score (nSPS) is 20.2. The van der Waals surface area contributed by atoms with Crippen molar-refractivity contribution in [2.75, 3.05) is 18.1 Å². The molecule has 1 aliphatic carbocycles. The lowest BCUT2D eigenvalue weighted by Gasteiger charge is -2.24. The number of rotatable bonds is 9. The third-order valence-corrected chi connectivity index (χ3v) is 4.66. The van der Waals surface area contributed by atoms with Crippen LogP contribution < -0.4 is 5.32 Å². The highest BCUT2D eigenvalue weighted by Gasteiger charge is 2.45. The number of nitrogens with one attached hydrogen (secondary N) is 1. The van der Waals surface area contributed by atoms with Crippen LogP contribution in [0.1, 0.15) is 52.9 Å². The minimum absolute atomic E-state index is 0.684. The van der Waals surface area contributed by atoms with Gasteiger partial charge in [-0.25, -0.2) is 0 Å². The van der Waals surface area contributed by atoms with E-state index in [0.717, 1.165) is 6.04 Å². The minimum Gasteiger partial charge on any atom is -0.314 e. The van der Waals surface area contributed by atoms with Crippen molar-refractivity contribution in [1.82, 2.24) is 5.32 Å². The van der Waals surface area contributed by atoms with E-state index < -0.39 is 0 Å². The van der Waals surface area contributed by atoms with E-state index in [1.807, 2.05) is 0 Å². The molecule has 0 amide bonds. The van der Waals surface area contributed by atoms with Crippen molar-refractivity contribution in [3.05, 3.63) is 0 Å². The summed E-state index contributed by atoms with van der Waals surface area (Å²) in [5.74, 6) is 2.63. The van der Waals surface area contributed by atoms with Crippen LogP contribution in [0.5, 0.6) is 0 Å². The highest BCUT2D eigenvalue weighted by atomic mass is 32.2. The van der Waals surface area contributed by atoms with Crippen LogP contribution in [0.4, 0.5) is 0 Å². The highest BCUT2D eigenvalue weighted by molar-refractivity contribution is 7.99. The Labute approximate surface area is 99.8 Å². The lowest BCUT2D eigenvalue weighted by atomic mass is 9.92. The van der Waals surface area contributed by atoms with Gasteiger partial charge in [0.15, 0.2) is 0 Å². The first-order valence-electron chi connectivity index (χ1n) is 6.56. The summed E-state index contributed by atoms with van der Waals surface area (Å²) in [6.07, 6.45) is 7.03. The Morgan fingerprint density at radius 1 is 1.33 bits per heavy atom. The zero-order chi connectivity index (χ0) is 11.1. The topological polar surface area (TPSA) is 12.0 Å². The zero-order valence-electron chi connectivity index (χ0n) is 10.6. The van der Waals surface area contributed by atoms with Gasteiger partial charge in [-0.3, -0.25) is 0 Å². The lowest BCUT2D eigenvalue weighted by molar-refractivity contribution is 0.329. The molecule has 0 bridgehead atoms. The summed E-state index contributed by atoms with van der Waals surface area (Å²) in [5.41, 5.74) is 0.684. The fourth-order valence-electron chi connectivity index (χ4n) is 2.31. The molecule has 0 aliphatic heterocycles. The molecule has 1 N–H and O–H groups in total. The first-order chi connectivity index (χ1) is 7.25. The SMILES string of the molecule is CCCNC(C)C1(CCCSCC)CC1. The van der Waals surface area contributed by atoms with Gasteiger partial charge in [0, 0.05) is 6.04 Å². The smallest absolute Gasteiger partial charge is 0.00951 e. The third kappa shape index (κ3) is 4.36. The molecule has 2 heteroatoms. The van der Waals surface area contributed by atoms with Crippen LogP contribution in [0.15, 0.2) is 0 Å². The van der Waals surface area contributed by atoms with E-state index in [4.69, 9.17) is 0 Å². The summed E-state index contributed by atoms with van der Waals surface area (Å²) >= 11 is 2.09. The standard InChI is InChI=1S/C13H27NS/c1-4-10-14-12(3)13(8-9-13)7-6-11-15-5-2/h12,14H,4-11H2,1-3H3. The van der Waals surface area contributed by atoms with E-state index in [2.05, 4.69) is 37.8 Å². The molecule has 1 saturated carbocycles. The van der Waals surface area contributed by atoms with Gasteiger partial charge < -0.3 is 5.32 Å². The third-order valence-electron chi connectivity index (χ3n) is 3.68. The van der Waals surface area contributed by atoms with E-state index >= 15 is 0 Å². The van der Waals surface area contributed by atoms with Crippen LogP contribution in [0.25, 0.3) is 0 Å². The van der Waals surface area contributed by atoms with E-state index in [1.165, 1.54) is 50.2 Å². The Morgan fingerprint density at radius 3 is 2.60 bits per heavy atom. The molecule has 1 atom stereocenters. The van der Waals surface area contributed by atoms with E-state index in [9.17, 15) is 0 Å². The highest BCUT2D eigenvalue weighted by Crippen LogP contribution is 2.52. The second-order valence-electron chi connectivity index (χ2n) is 4.84. The van der Waals surface area contributed by atoms with Gasteiger partial charge in [0.25, 0.3) is 0 Å². The van der Waals surface area contributed by atoms with Crippen LogP contribution in [0.3, 0.4) is 0 Å². The van der Waals surface area contributed by atoms with Gasteiger partial charge >= 0.3 is 0 Å². The molecule has 15 heavy (non-hydrogen) atoms. The van der Waals surface area contributed by atoms with E-state index in [0.29, 0.717) is 5.41 Å². The molecule has 90 valence electrons. The van der Waals surface area contributed by atoms with Gasteiger partial charge in [-0.05, 0) is 62.5 Å². The minimum atomic E-state index is 0.684. The van der Waals surface area contributed by atoms with Gasteiger partial charge in [0.1, 0.15) is 0 Å². The van der Waals surface area contributed by atoms with E-state index in [1.54, 1.807) is 0 Å². The monoisotopic (exact) mass is 229 g/mol. The molecule has 1 aliphatic rings. The average Bonchev–Trinajstić information content (AvgIpc) is 3.02. The van der Waals surface area contributed by atoms with Crippen molar-refractivity contribution < 1.29 is 0 Å². The summed E-state index contributed by atoms with van der Waals surface area (Å²) in [6, 6.07) is 0.740. The number of thioether (sulfide) groups is 1. The molecular formula is C13H27NS. The fraction of sp³-hybridized carbons (Fsp3) is 1.00. The van der Waals surface area contributed by atoms with Crippen molar-refractivity contribution in [1.29, 1.82) is 0 Å². The van der Waals surface area contributed by atoms with Gasteiger partial charge in [-0.2, -0.15) is 11.8 Å². The molecule has 0 aromatic heterocycles. The first-order valence-corrected chi connectivity index (χ1v) is 7.72. The maximum Gasteiger partial charge on any atom is 0.00951 e. The van der Waals surface area contributed by atoms with Crippen LogP contribution in [0.2, 0.25) is 0 Å². The van der Waals surface area contributed by atoms with Gasteiger partial charge in [0.05, 0.1) is 0 Å². The molecule has 0 heterocycles. The Bertz CT molecular complexity index is 166. The van der Waals surface area contributed by atoms with Gasteiger partial charge in [-0.1, -0.05) is 13.8 Å². The maximum atomic E-state index is 3.67. The summed E-state index contributed by atoms with van der Waals surface area (Å²) < 4.78 is 0. The predicted octanol–water partition coefficient (Wildman–Crippen LogP) is 3.69. The summed E-state index contributed by atoms with van der Waals surface area (Å²) in [6.45, 7) is 8.07. The molecule has 1 fully saturated rings. The van der Waals surface area contributed by atoms with Crippen LogP contribution in [0, 0.1) is 5.41 Å². The summed E-state index contributed by atoms with van der Waals surface area (Å²) in [5, 5.41) is 3.67. The molecular weight excluding hydrogens is 202 g/mol. The first kappa shape index (κ1) is 13.4. The molecule has 1 rings (SSSR count). The Kier molecular flexibility index (Phi) is 6.06. The fourth-order valence-corrected chi connectivity index (χ4v) is 2.95. The van der Waals surface area contributed by atoms with E-state index in [-0.39, 0.29) is 0 Å². The second kappa shape index (κ2) is 6.80. The number of hydrogen-bond acceptors (Lipinski definition) is 2. The molecule has 0 aromatic carbocycles. The lowest BCUT2D eigenvalue weighted by Crippen LogP contribution is -2.35. The number of hydrogen-bond donors (Lipinski definition) is 1. The van der Waals surface area contributed by atoms with Crippen molar-refractivity contribution in [2.24, 2.45) is 5.41 Å². The summed E-state index contributed by atoms with van der Waals surface area (Å²) in [4.78, 5) is 0. The van der Waals surface area contributed by atoms with Crippen LogP contribution in [-0.4, -0.2) is 24.1 Å². The predicted molar refractivity (Wildman–Crippen MR) is 71.7 cm³/mol. The van der Waals surface area contributed by atoms with Gasteiger partial charge in [0.2, 0.25) is 0 Å². The molecule has 0 spiro atoms. The average molecular weight is 229 g/mol. The molecule has 0 saturated heterocycles. The van der Waals surface area contributed by atoms with Crippen LogP contribution >= 0.6 is 11.8 Å². The second-order valence-corrected chi connectivity index (χ2v) is 6.23. The Hall–Kier alpha value is 0.310. The van der Waals surface area contributed by atoms with Crippen LogP contribution in [-0.2, 0) is 0 Å². The molecule has 1 nitrogen and oxygen atoms in total. The Balaban J connectivity index is 2.14. The van der Waals surface area contributed by atoms with Crippen molar-refractivity contribution in [3.63, 3.8) is 0 Å². The van der Waals surface area contributed by atoms with Gasteiger partial charge in [-0.15, -0.1) is 0 Å². The zero-order valence-corrected chi connectivity index (χ0v) is 11.5. The van der Waals surface area contributed by atoms with Crippen molar-refractivity contribution >= 4 is 11.8 Å². The largest absolute Gasteiger partial charge is 0.314 e. The molecule has 0 aromatic rings. The summed E-state index contributed by atoms with van der Waals surface area (Å²) in [7, 11) is 0. The molecule has 0 radical (unpaired) electrons. The quantitative estimate of drug-likeness (QED) is 0.605. The van der Waals surface area contributed by atoms with Crippen molar-refractivity contribution in [2.45, 2.75) is 58.9 Å².